The summed E-state index contributed by atoms with van der Waals surface area (Å²) in [5, 5.41) is 2.85. The Bertz CT molecular complexity index is 1320. The van der Waals surface area contributed by atoms with Gasteiger partial charge in [-0.1, -0.05) is 17.7 Å². The summed E-state index contributed by atoms with van der Waals surface area (Å²) in [4.78, 5) is 38.3. The molecule has 1 aliphatic heterocycles. The number of nitrogens with one attached hydrogen (secondary N) is 1. The van der Waals surface area contributed by atoms with E-state index in [1.54, 1.807) is 42.5 Å². The largest absolute Gasteiger partial charge is 0.493 e. The molecule has 10 heteroatoms. The number of ether oxygens (including phenoxy) is 3. The van der Waals surface area contributed by atoms with Gasteiger partial charge in [0, 0.05) is 5.02 Å². The fourth-order valence-electron chi connectivity index (χ4n) is 3.47. The molecule has 36 heavy (non-hydrogen) atoms. The lowest BCUT2D eigenvalue weighted by molar-refractivity contribution is -0.130. The van der Waals surface area contributed by atoms with Crippen LogP contribution in [0.4, 0.5) is 4.79 Å². The molecule has 0 radical (unpaired) electrons. The summed E-state index contributed by atoms with van der Waals surface area (Å²) >= 11 is 6.03. The summed E-state index contributed by atoms with van der Waals surface area (Å²) in [6.45, 7) is 2.34. The van der Waals surface area contributed by atoms with Crippen LogP contribution in [0.15, 0.2) is 64.8 Å². The van der Waals surface area contributed by atoms with Gasteiger partial charge in [-0.05, 0) is 66.6 Å². The minimum Gasteiger partial charge on any atom is -0.493 e. The Balaban J connectivity index is 1.43. The van der Waals surface area contributed by atoms with Crippen LogP contribution in [0.5, 0.6) is 17.2 Å². The van der Waals surface area contributed by atoms with Crippen LogP contribution in [0.25, 0.3) is 6.08 Å². The Kier molecular flexibility index (Phi) is 7.60. The number of urea groups is 1. The Morgan fingerprint density at radius 2 is 1.83 bits per heavy atom. The van der Waals surface area contributed by atoms with E-state index in [4.69, 9.17) is 30.2 Å². The van der Waals surface area contributed by atoms with Gasteiger partial charge in [-0.2, -0.15) is 0 Å². The minimum absolute atomic E-state index is 0.101. The third-order valence-electron chi connectivity index (χ3n) is 5.32. The molecule has 0 saturated carbocycles. The highest BCUT2D eigenvalue weighted by atomic mass is 35.5. The molecule has 3 aromatic rings. The standard InChI is InChI=1S/C26H23ClN2O7/c1-16-12-18(6-7-21(16)27)35-10-11-36-22-8-5-17(14-23(22)33-2)13-20-24(30)28-26(32)29(25(20)31)15-19-4-3-9-34-19/h3-9,12-14H,10-11,15H2,1-2H3,(H,28,30,32)/b20-13+. The number of methoxy groups -OCH3 is 1. The molecular weight excluding hydrogens is 488 g/mol. The first kappa shape index (κ1) is 24.9. The molecule has 186 valence electrons. The zero-order valence-corrected chi connectivity index (χ0v) is 20.3. The van der Waals surface area contributed by atoms with Gasteiger partial charge in [-0.3, -0.25) is 19.8 Å². The lowest BCUT2D eigenvalue weighted by Gasteiger charge is -2.25. The van der Waals surface area contributed by atoms with E-state index in [-0.39, 0.29) is 18.7 Å². The van der Waals surface area contributed by atoms with Crippen LogP contribution in [0, 0.1) is 6.92 Å². The van der Waals surface area contributed by atoms with Crippen molar-refractivity contribution < 1.29 is 33.0 Å². The number of carbonyl (C=O) groups is 3. The van der Waals surface area contributed by atoms with Crippen molar-refractivity contribution in [2.45, 2.75) is 13.5 Å². The highest BCUT2D eigenvalue weighted by molar-refractivity contribution is 6.31. The molecule has 4 amide bonds. The molecule has 1 fully saturated rings. The molecule has 1 saturated heterocycles. The average molecular weight is 511 g/mol. The van der Waals surface area contributed by atoms with E-state index < -0.39 is 17.8 Å². The van der Waals surface area contributed by atoms with Gasteiger partial charge in [-0.25, -0.2) is 4.79 Å². The van der Waals surface area contributed by atoms with Crippen molar-refractivity contribution in [1.82, 2.24) is 10.2 Å². The predicted octanol–water partition coefficient (Wildman–Crippen LogP) is 4.37. The van der Waals surface area contributed by atoms with E-state index in [0.717, 1.165) is 10.5 Å². The third kappa shape index (κ3) is 5.69. The van der Waals surface area contributed by atoms with Crippen molar-refractivity contribution in [3.63, 3.8) is 0 Å². The molecule has 2 aromatic carbocycles. The monoisotopic (exact) mass is 510 g/mol. The maximum Gasteiger partial charge on any atom is 0.331 e. The third-order valence-corrected chi connectivity index (χ3v) is 5.74. The number of hydrogen-bond donors (Lipinski definition) is 1. The van der Waals surface area contributed by atoms with Crippen molar-refractivity contribution >= 4 is 35.5 Å². The number of carbonyl (C=O) groups excluding carboxylic acids is 3. The van der Waals surface area contributed by atoms with Crippen LogP contribution in [0.3, 0.4) is 0 Å². The first-order valence-electron chi connectivity index (χ1n) is 11.0. The maximum absolute atomic E-state index is 12.9. The molecular formula is C26H23ClN2O7. The normalized spacial score (nSPS) is 14.7. The summed E-state index contributed by atoms with van der Waals surface area (Å²) in [5.74, 6) is 0.446. The van der Waals surface area contributed by atoms with Gasteiger partial charge in [0.1, 0.15) is 30.3 Å². The molecule has 0 aliphatic carbocycles. The van der Waals surface area contributed by atoms with Gasteiger partial charge in [0.05, 0.1) is 19.9 Å². The van der Waals surface area contributed by atoms with Crippen LogP contribution in [0.2, 0.25) is 5.02 Å². The zero-order valence-electron chi connectivity index (χ0n) is 19.6. The van der Waals surface area contributed by atoms with E-state index in [1.165, 1.54) is 19.4 Å². The van der Waals surface area contributed by atoms with Crippen molar-refractivity contribution in [2.24, 2.45) is 0 Å². The molecule has 0 unspecified atom stereocenters. The lowest BCUT2D eigenvalue weighted by atomic mass is 10.1. The van der Waals surface area contributed by atoms with Gasteiger partial charge in [0.2, 0.25) is 0 Å². The molecule has 2 heterocycles. The van der Waals surface area contributed by atoms with Crippen molar-refractivity contribution in [2.75, 3.05) is 20.3 Å². The van der Waals surface area contributed by atoms with Crippen molar-refractivity contribution in [3.05, 3.63) is 82.3 Å². The van der Waals surface area contributed by atoms with E-state index >= 15 is 0 Å². The van der Waals surface area contributed by atoms with Crippen LogP contribution >= 0.6 is 11.6 Å². The number of halogens is 1. The molecule has 4 rings (SSSR count). The molecule has 0 atom stereocenters. The number of furan rings is 1. The van der Waals surface area contributed by atoms with Crippen molar-refractivity contribution in [1.29, 1.82) is 0 Å². The second-order valence-corrected chi connectivity index (χ2v) is 8.21. The summed E-state index contributed by atoms with van der Waals surface area (Å²) in [6.07, 6.45) is 2.82. The number of hydrogen-bond acceptors (Lipinski definition) is 7. The lowest BCUT2D eigenvalue weighted by Crippen LogP contribution is -2.53. The van der Waals surface area contributed by atoms with Crippen LogP contribution in [0.1, 0.15) is 16.9 Å². The first-order valence-corrected chi connectivity index (χ1v) is 11.3. The van der Waals surface area contributed by atoms with E-state index in [1.807, 2.05) is 13.0 Å². The second-order valence-electron chi connectivity index (χ2n) is 7.81. The molecule has 0 spiro atoms. The van der Waals surface area contributed by atoms with Crippen LogP contribution < -0.4 is 19.5 Å². The Morgan fingerprint density at radius 1 is 1.03 bits per heavy atom. The average Bonchev–Trinajstić information content (AvgIpc) is 3.38. The fourth-order valence-corrected chi connectivity index (χ4v) is 3.59. The number of barbiturate groups is 1. The number of nitrogens with zero attached hydrogens (tertiary/aromatic N) is 1. The Labute approximate surface area is 212 Å². The maximum atomic E-state index is 12.9. The quantitative estimate of drug-likeness (QED) is 0.259. The highest BCUT2D eigenvalue weighted by Gasteiger charge is 2.36. The predicted molar refractivity (Wildman–Crippen MR) is 131 cm³/mol. The molecule has 9 nitrogen and oxygen atoms in total. The number of imide groups is 2. The number of benzene rings is 2. The van der Waals surface area contributed by atoms with E-state index in [2.05, 4.69) is 5.32 Å². The summed E-state index contributed by atoms with van der Waals surface area (Å²) in [6, 6.07) is 12.8. The van der Waals surface area contributed by atoms with Gasteiger partial charge in [0.15, 0.2) is 11.5 Å². The highest BCUT2D eigenvalue weighted by Crippen LogP contribution is 2.30. The smallest absolute Gasteiger partial charge is 0.331 e. The second kappa shape index (κ2) is 11.0. The number of rotatable bonds is 9. The van der Waals surface area contributed by atoms with Gasteiger partial charge >= 0.3 is 6.03 Å². The summed E-state index contributed by atoms with van der Waals surface area (Å²) in [5.41, 5.74) is 1.24. The topological polar surface area (TPSA) is 107 Å². The minimum atomic E-state index is -0.809. The summed E-state index contributed by atoms with van der Waals surface area (Å²) in [7, 11) is 1.48. The van der Waals surface area contributed by atoms with Gasteiger partial charge in [-0.15, -0.1) is 0 Å². The molecule has 0 bridgehead atoms. The number of amides is 4. The SMILES string of the molecule is COc1cc(/C=C2\C(=O)NC(=O)N(Cc3ccco3)C2=O)ccc1OCCOc1ccc(Cl)c(C)c1. The van der Waals surface area contributed by atoms with Crippen LogP contribution in [-0.2, 0) is 16.1 Å². The number of aryl methyl sites for hydroxylation is 1. The molecule has 1 aliphatic rings. The van der Waals surface area contributed by atoms with E-state index in [9.17, 15) is 14.4 Å². The Hall–Kier alpha value is -4.24. The Morgan fingerprint density at radius 3 is 2.56 bits per heavy atom. The zero-order chi connectivity index (χ0) is 25.7. The van der Waals surface area contributed by atoms with Crippen LogP contribution in [-0.4, -0.2) is 43.1 Å². The molecule has 1 aromatic heterocycles. The van der Waals surface area contributed by atoms with E-state index in [0.29, 0.717) is 40.2 Å². The molecule has 1 N–H and O–H groups in total. The van der Waals surface area contributed by atoms with Gasteiger partial charge < -0.3 is 18.6 Å². The first-order chi connectivity index (χ1) is 17.4. The fraction of sp³-hybridized carbons (Fsp3) is 0.192. The van der Waals surface area contributed by atoms with Crippen molar-refractivity contribution in [3.8, 4) is 17.2 Å². The summed E-state index contributed by atoms with van der Waals surface area (Å²) < 4.78 is 22.1. The van der Waals surface area contributed by atoms with Gasteiger partial charge in [0.25, 0.3) is 11.8 Å².